The van der Waals surface area contributed by atoms with Crippen LogP contribution in [-0.4, -0.2) is 32.4 Å². The number of thiophene rings is 1. The number of para-hydroxylation sites is 1. The van der Waals surface area contributed by atoms with Crippen molar-refractivity contribution in [1.29, 1.82) is 0 Å². The molecule has 1 fully saturated rings. The summed E-state index contributed by atoms with van der Waals surface area (Å²) in [5.41, 5.74) is 2.83. The third-order valence-electron chi connectivity index (χ3n) is 5.89. The molecule has 2 aromatic heterocycles. The van der Waals surface area contributed by atoms with Gasteiger partial charge in [-0.25, -0.2) is 13.1 Å². The SMILES string of the molecule is O=C1CCCN1c1ccc(S(=O)(=O)NC[C@@H](c2cccs2)c2c[nH]c3ccccc23)cc1. The first-order valence-corrected chi connectivity index (χ1v) is 12.9. The summed E-state index contributed by atoms with van der Waals surface area (Å²) < 4.78 is 28.9. The van der Waals surface area contributed by atoms with Crippen molar-refractivity contribution < 1.29 is 13.2 Å². The van der Waals surface area contributed by atoms with Gasteiger partial charge in [-0.05, 0) is 53.8 Å². The molecule has 5 rings (SSSR count). The van der Waals surface area contributed by atoms with E-state index in [1.165, 1.54) is 0 Å². The number of H-pyrrole nitrogens is 1. The molecule has 32 heavy (non-hydrogen) atoms. The second kappa shape index (κ2) is 8.54. The standard InChI is InChI=1S/C24H23N3O3S2/c28-24-8-3-13-27(24)17-9-11-18(12-10-17)32(29,30)26-16-21(23-7-4-14-31-23)20-15-25-22-6-2-1-5-19(20)22/h1-2,4-7,9-12,14-15,21,25-26H,3,8,13,16H2/t21-/m1/s1. The van der Waals surface area contributed by atoms with Gasteiger partial charge in [-0.1, -0.05) is 24.3 Å². The maximum atomic E-state index is 13.0. The number of nitrogens with zero attached hydrogens (tertiary/aromatic N) is 1. The van der Waals surface area contributed by atoms with Gasteiger partial charge in [0, 0.05) is 53.1 Å². The zero-order chi connectivity index (χ0) is 22.1. The largest absolute Gasteiger partial charge is 0.361 e. The molecule has 1 atom stereocenters. The molecule has 4 aromatic rings. The molecule has 8 heteroatoms. The maximum Gasteiger partial charge on any atom is 0.240 e. The van der Waals surface area contributed by atoms with E-state index in [0.717, 1.165) is 33.5 Å². The van der Waals surface area contributed by atoms with Crippen LogP contribution in [-0.2, 0) is 14.8 Å². The van der Waals surface area contributed by atoms with Gasteiger partial charge in [0.15, 0.2) is 0 Å². The van der Waals surface area contributed by atoms with Crippen molar-refractivity contribution in [2.45, 2.75) is 23.7 Å². The lowest BCUT2D eigenvalue weighted by Gasteiger charge is -2.18. The first-order valence-electron chi connectivity index (χ1n) is 10.5. The Kier molecular flexibility index (Phi) is 5.58. The van der Waals surface area contributed by atoms with E-state index in [9.17, 15) is 13.2 Å². The van der Waals surface area contributed by atoms with E-state index in [-0.39, 0.29) is 23.3 Å². The summed E-state index contributed by atoms with van der Waals surface area (Å²) in [6, 6.07) is 18.6. The normalized spacial score (nSPS) is 15.5. The maximum absolute atomic E-state index is 13.0. The summed E-state index contributed by atoms with van der Waals surface area (Å²) in [6.45, 7) is 0.924. The molecule has 6 nitrogen and oxygen atoms in total. The first kappa shape index (κ1) is 20.9. The molecule has 2 N–H and O–H groups in total. The van der Waals surface area contributed by atoms with Crippen molar-refractivity contribution in [1.82, 2.24) is 9.71 Å². The fourth-order valence-electron chi connectivity index (χ4n) is 4.24. The number of anilines is 1. The molecular weight excluding hydrogens is 442 g/mol. The van der Waals surface area contributed by atoms with Gasteiger partial charge in [0.2, 0.25) is 15.9 Å². The topological polar surface area (TPSA) is 82.3 Å². The number of fused-ring (bicyclic) bond motifs is 1. The summed E-state index contributed by atoms with van der Waals surface area (Å²) in [6.07, 6.45) is 3.34. The lowest BCUT2D eigenvalue weighted by atomic mass is 9.97. The molecule has 164 valence electrons. The van der Waals surface area contributed by atoms with Crippen molar-refractivity contribution in [2.75, 3.05) is 18.0 Å². The van der Waals surface area contributed by atoms with Crippen molar-refractivity contribution in [3.63, 3.8) is 0 Å². The van der Waals surface area contributed by atoms with Crippen LogP contribution in [0, 0.1) is 0 Å². The minimum Gasteiger partial charge on any atom is -0.361 e. The number of amides is 1. The molecule has 1 aliphatic rings. The first-order chi connectivity index (χ1) is 15.5. The number of benzene rings is 2. The van der Waals surface area contributed by atoms with Crippen LogP contribution in [0.4, 0.5) is 5.69 Å². The van der Waals surface area contributed by atoms with Crippen LogP contribution in [0.25, 0.3) is 10.9 Å². The van der Waals surface area contributed by atoms with E-state index in [0.29, 0.717) is 13.0 Å². The van der Waals surface area contributed by atoms with E-state index >= 15 is 0 Å². The van der Waals surface area contributed by atoms with E-state index in [1.807, 2.05) is 41.9 Å². The Bertz CT molecular complexity index is 1340. The zero-order valence-electron chi connectivity index (χ0n) is 17.3. The molecule has 0 bridgehead atoms. The second-order valence-corrected chi connectivity index (χ2v) is 10.6. The fourth-order valence-corrected chi connectivity index (χ4v) is 6.13. The molecule has 0 unspecified atom stereocenters. The predicted octanol–water partition coefficient (Wildman–Crippen LogP) is 4.47. The van der Waals surface area contributed by atoms with E-state index in [4.69, 9.17) is 0 Å². The molecular formula is C24H23N3O3S2. The zero-order valence-corrected chi connectivity index (χ0v) is 19.0. The van der Waals surface area contributed by atoms with Crippen LogP contribution >= 0.6 is 11.3 Å². The van der Waals surface area contributed by atoms with Crippen LogP contribution in [0.1, 0.15) is 29.2 Å². The highest BCUT2D eigenvalue weighted by Crippen LogP contribution is 2.33. The number of hydrogen-bond donors (Lipinski definition) is 2. The Hall–Kier alpha value is -2.94. The summed E-state index contributed by atoms with van der Waals surface area (Å²) in [5.74, 6) is -0.0290. The Morgan fingerprint density at radius 1 is 1.06 bits per heavy atom. The smallest absolute Gasteiger partial charge is 0.240 e. The van der Waals surface area contributed by atoms with Gasteiger partial charge >= 0.3 is 0 Å². The van der Waals surface area contributed by atoms with Crippen LogP contribution in [0.5, 0.6) is 0 Å². The van der Waals surface area contributed by atoms with Gasteiger partial charge in [0.05, 0.1) is 4.90 Å². The molecule has 1 aliphatic heterocycles. The predicted molar refractivity (Wildman–Crippen MR) is 128 cm³/mol. The number of rotatable bonds is 7. The average molecular weight is 466 g/mol. The van der Waals surface area contributed by atoms with Crippen LogP contribution in [0.3, 0.4) is 0 Å². The molecule has 2 aromatic carbocycles. The van der Waals surface area contributed by atoms with E-state index < -0.39 is 10.0 Å². The monoisotopic (exact) mass is 465 g/mol. The molecule has 3 heterocycles. The van der Waals surface area contributed by atoms with Crippen molar-refractivity contribution in [3.05, 3.63) is 82.7 Å². The van der Waals surface area contributed by atoms with Gasteiger partial charge in [0.25, 0.3) is 0 Å². The number of nitrogens with one attached hydrogen (secondary N) is 2. The second-order valence-electron chi connectivity index (χ2n) is 7.85. The molecule has 0 saturated carbocycles. The van der Waals surface area contributed by atoms with Gasteiger partial charge in [0.1, 0.15) is 0 Å². The number of aromatic nitrogens is 1. The van der Waals surface area contributed by atoms with Crippen LogP contribution in [0.2, 0.25) is 0 Å². The lowest BCUT2D eigenvalue weighted by molar-refractivity contribution is -0.117. The number of sulfonamides is 1. The molecule has 1 amide bonds. The van der Waals surface area contributed by atoms with E-state index in [1.54, 1.807) is 40.5 Å². The summed E-state index contributed by atoms with van der Waals surface area (Å²) in [4.78, 5) is 18.2. The summed E-state index contributed by atoms with van der Waals surface area (Å²) >= 11 is 1.61. The average Bonchev–Trinajstić information content (AvgIpc) is 3.56. The van der Waals surface area contributed by atoms with Gasteiger partial charge in [-0.2, -0.15) is 0 Å². The number of carbonyl (C=O) groups excluding carboxylic acids is 1. The number of aromatic amines is 1. The third-order valence-corrected chi connectivity index (χ3v) is 8.32. The molecule has 0 aliphatic carbocycles. The van der Waals surface area contributed by atoms with Crippen LogP contribution in [0.15, 0.2) is 77.1 Å². The van der Waals surface area contributed by atoms with Gasteiger partial charge < -0.3 is 9.88 Å². The number of hydrogen-bond acceptors (Lipinski definition) is 4. The van der Waals surface area contributed by atoms with Crippen molar-refractivity contribution >= 4 is 43.9 Å². The minimum absolute atomic E-state index is 0.0799. The Balaban J connectivity index is 1.39. The number of carbonyl (C=O) groups is 1. The van der Waals surface area contributed by atoms with Gasteiger partial charge in [-0.15, -0.1) is 11.3 Å². The molecule has 0 radical (unpaired) electrons. The van der Waals surface area contributed by atoms with Crippen LogP contribution < -0.4 is 9.62 Å². The van der Waals surface area contributed by atoms with Crippen molar-refractivity contribution in [2.24, 2.45) is 0 Å². The molecule has 1 saturated heterocycles. The Morgan fingerprint density at radius 2 is 1.88 bits per heavy atom. The summed E-state index contributed by atoms with van der Waals surface area (Å²) in [5, 5.41) is 3.09. The fraction of sp³-hybridized carbons (Fsp3) is 0.208. The van der Waals surface area contributed by atoms with Gasteiger partial charge in [-0.3, -0.25) is 4.79 Å². The lowest BCUT2D eigenvalue weighted by Crippen LogP contribution is -2.29. The highest BCUT2D eigenvalue weighted by molar-refractivity contribution is 7.89. The highest BCUT2D eigenvalue weighted by atomic mass is 32.2. The quantitative estimate of drug-likeness (QED) is 0.423. The molecule has 0 spiro atoms. The summed E-state index contributed by atoms with van der Waals surface area (Å²) in [7, 11) is -3.70. The highest BCUT2D eigenvalue weighted by Gasteiger charge is 2.24. The third kappa shape index (κ3) is 3.97. The Morgan fingerprint density at radius 3 is 2.59 bits per heavy atom. The minimum atomic E-state index is -3.70. The van der Waals surface area contributed by atoms with Crippen molar-refractivity contribution in [3.8, 4) is 0 Å². The Labute approximate surface area is 190 Å². The van der Waals surface area contributed by atoms with E-state index in [2.05, 4.69) is 15.8 Å².